The number of hydrogen-bond donors (Lipinski definition) is 1. The first-order chi connectivity index (χ1) is 10.5. The first-order valence-electron chi connectivity index (χ1n) is 9.21. The Morgan fingerprint density at radius 1 is 1.14 bits per heavy atom. The minimum absolute atomic E-state index is 0.186. The van der Waals surface area contributed by atoms with Crippen LogP contribution >= 0.6 is 0 Å². The Hall–Kier alpha value is -0.820. The Kier molecular flexibility index (Phi) is 3.24. The predicted molar refractivity (Wildman–Crippen MR) is 91.4 cm³/mol. The molecule has 4 unspecified atom stereocenters. The van der Waals surface area contributed by atoms with Crippen LogP contribution in [0, 0.1) is 28.6 Å². The molecule has 0 bridgehead atoms. The molecule has 2 fully saturated rings. The van der Waals surface area contributed by atoms with Gasteiger partial charge in [-0.2, -0.15) is 0 Å². The van der Waals surface area contributed by atoms with Gasteiger partial charge in [0, 0.05) is 0 Å². The SMILES string of the molecule is C=CC1=CCC2C3CCC4=CC(O)CC[C@]4(C)C3CC[C@]12C. The van der Waals surface area contributed by atoms with Crippen molar-refractivity contribution in [3.8, 4) is 0 Å². The highest BCUT2D eigenvalue weighted by atomic mass is 16.3. The Morgan fingerprint density at radius 2 is 1.91 bits per heavy atom. The third-order valence-corrected chi connectivity index (χ3v) is 7.95. The number of rotatable bonds is 1. The van der Waals surface area contributed by atoms with Crippen molar-refractivity contribution in [1.82, 2.24) is 0 Å². The molecule has 0 saturated heterocycles. The van der Waals surface area contributed by atoms with Gasteiger partial charge in [0.15, 0.2) is 0 Å². The topological polar surface area (TPSA) is 20.2 Å². The van der Waals surface area contributed by atoms with E-state index in [0.29, 0.717) is 10.8 Å². The Balaban J connectivity index is 1.67. The van der Waals surface area contributed by atoms with Crippen LogP contribution in [0.2, 0.25) is 0 Å². The fourth-order valence-electron chi connectivity index (χ4n) is 6.63. The van der Waals surface area contributed by atoms with E-state index in [1.807, 2.05) is 0 Å². The lowest BCUT2D eigenvalue weighted by molar-refractivity contribution is -0.0331. The summed E-state index contributed by atoms with van der Waals surface area (Å²) in [6, 6.07) is 0. The summed E-state index contributed by atoms with van der Waals surface area (Å²) in [5.74, 6) is 2.52. The quantitative estimate of drug-likeness (QED) is 0.673. The van der Waals surface area contributed by atoms with Crippen LogP contribution in [-0.4, -0.2) is 11.2 Å². The van der Waals surface area contributed by atoms with E-state index in [0.717, 1.165) is 24.2 Å². The number of aliphatic hydroxyl groups is 1. The van der Waals surface area contributed by atoms with Gasteiger partial charge < -0.3 is 5.11 Å². The molecule has 4 rings (SSSR count). The summed E-state index contributed by atoms with van der Waals surface area (Å²) in [7, 11) is 0. The average molecular weight is 298 g/mol. The van der Waals surface area contributed by atoms with Crippen molar-refractivity contribution in [3.63, 3.8) is 0 Å². The average Bonchev–Trinajstić information content (AvgIpc) is 2.84. The largest absolute Gasteiger partial charge is 0.389 e. The summed E-state index contributed by atoms with van der Waals surface area (Å²) in [4.78, 5) is 0. The molecule has 0 aromatic heterocycles. The third kappa shape index (κ3) is 1.81. The molecule has 0 aliphatic heterocycles. The van der Waals surface area contributed by atoms with Gasteiger partial charge in [0.25, 0.3) is 0 Å². The molecule has 4 aliphatic rings. The van der Waals surface area contributed by atoms with Crippen LogP contribution in [0.3, 0.4) is 0 Å². The maximum atomic E-state index is 10.0. The van der Waals surface area contributed by atoms with E-state index in [-0.39, 0.29) is 6.10 Å². The van der Waals surface area contributed by atoms with Crippen LogP contribution < -0.4 is 0 Å². The van der Waals surface area contributed by atoms with Crippen molar-refractivity contribution in [2.45, 2.75) is 64.9 Å². The molecule has 0 radical (unpaired) electrons. The Morgan fingerprint density at radius 3 is 2.68 bits per heavy atom. The van der Waals surface area contributed by atoms with Crippen molar-refractivity contribution in [1.29, 1.82) is 0 Å². The van der Waals surface area contributed by atoms with Crippen LogP contribution in [0.1, 0.15) is 58.8 Å². The smallest absolute Gasteiger partial charge is 0.0724 e. The number of fused-ring (bicyclic) bond motifs is 5. The van der Waals surface area contributed by atoms with Crippen LogP contribution in [0.15, 0.2) is 36.0 Å². The fourth-order valence-corrected chi connectivity index (χ4v) is 6.63. The molecule has 1 heteroatoms. The minimum Gasteiger partial charge on any atom is -0.389 e. The van der Waals surface area contributed by atoms with E-state index in [9.17, 15) is 5.11 Å². The highest BCUT2D eigenvalue weighted by Gasteiger charge is 2.56. The summed E-state index contributed by atoms with van der Waals surface area (Å²) < 4.78 is 0. The molecule has 120 valence electrons. The van der Waals surface area contributed by atoms with Gasteiger partial charge >= 0.3 is 0 Å². The minimum atomic E-state index is -0.186. The van der Waals surface area contributed by atoms with Crippen molar-refractivity contribution in [3.05, 3.63) is 36.0 Å². The molecule has 0 aromatic carbocycles. The molecule has 4 aliphatic carbocycles. The zero-order valence-electron chi connectivity index (χ0n) is 14.1. The molecule has 0 amide bonds. The van der Waals surface area contributed by atoms with E-state index in [1.165, 1.54) is 44.1 Å². The lowest BCUT2D eigenvalue weighted by Gasteiger charge is -2.58. The van der Waals surface area contributed by atoms with Gasteiger partial charge in [-0.05, 0) is 79.1 Å². The molecule has 0 spiro atoms. The van der Waals surface area contributed by atoms with E-state index >= 15 is 0 Å². The lowest BCUT2D eigenvalue weighted by atomic mass is 9.47. The van der Waals surface area contributed by atoms with Crippen molar-refractivity contribution >= 4 is 0 Å². The van der Waals surface area contributed by atoms with Gasteiger partial charge in [-0.3, -0.25) is 0 Å². The van der Waals surface area contributed by atoms with Crippen LogP contribution in [0.25, 0.3) is 0 Å². The highest BCUT2D eigenvalue weighted by molar-refractivity contribution is 5.34. The maximum Gasteiger partial charge on any atom is 0.0724 e. The van der Waals surface area contributed by atoms with Gasteiger partial charge in [-0.1, -0.05) is 44.2 Å². The predicted octanol–water partition coefficient (Wildman–Crippen LogP) is 5.03. The molecular formula is C21H30O. The maximum absolute atomic E-state index is 10.0. The van der Waals surface area contributed by atoms with E-state index in [4.69, 9.17) is 0 Å². The lowest BCUT2D eigenvalue weighted by Crippen LogP contribution is -2.50. The molecule has 1 N–H and O–H groups in total. The second-order valence-electron chi connectivity index (χ2n) is 8.69. The summed E-state index contributed by atoms with van der Waals surface area (Å²) in [5.41, 5.74) is 3.84. The highest BCUT2D eigenvalue weighted by Crippen LogP contribution is 2.65. The van der Waals surface area contributed by atoms with Crippen molar-refractivity contribution < 1.29 is 5.11 Å². The van der Waals surface area contributed by atoms with Crippen LogP contribution in [0.5, 0.6) is 0 Å². The van der Waals surface area contributed by atoms with Gasteiger partial charge in [0.05, 0.1) is 6.10 Å². The molecule has 0 heterocycles. The standard InChI is InChI=1S/C21H30O/c1-4-14-6-8-18-17-7-5-15-13-16(22)9-11-21(15,3)19(17)10-12-20(14,18)2/h4,6,13,16-19,22H,1,5,7-12H2,2-3H3/t16?,17?,18?,19?,20-,21+/m1/s1. The zero-order chi connectivity index (χ0) is 15.5. The van der Waals surface area contributed by atoms with Gasteiger partial charge in [0.1, 0.15) is 0 Å². The fraction of sp³-hybridized carbons (Fsp3) is 0.714. The second kappa shape index (κ2) is 4.84. The molecule has 0 aromatic rings. The summed E-state index contributed by atoms with van der Waals surface area (Å²) in [6.45, 7) is 9.06. The first-order valence-corrected chi connectivity index (χ1v) is 9.21. The van der Waals surface area contributed by atoms with E-state index < -0.39 is 0 Å². The summed E-state index contributed by atoms with van der Waals surface area (Å²) in [6.07, 6.45) is 15.2. The first kappa shape index (κ1) is 14.8. The summed E-state index contributed by atoms with van der Waals surface area (Å²) >= 11 is 0. The second-order valence-corrected chi connectivity index (χ2v) is 8.69. The van der Waals surface area contributed by atoms with Gasteiger partial charge in [-0.25, -0.2) is 0 Å². The number of aliphatic hydroxyl groups excluding tert-OH is 1. The van der Waals surface area contributed by atoms with Gasteiger partial charge in [0.2, 0.25) is 0 Å². The Bertz CT molecular complexity index is 556. The molecule has 1 nitrogen and oxygen atoms in total. The zero-order valence-corrected chi connectivity index (χ0v) is 14.1. The van der Waals surface area contributed by atoms with Crippen molar-refractivity contribution in [2.24, 2.45) is 28.6 Å². The van der Waals surface area contributed by atoms with E-state index in [2.05, 4.69) is 38.7 Å². The molecule has 2 saturated carbocycles. The number of hydrogen-bond acceptors (Lipinski definition) is 1. The Labute approximate surface area is 135 Å². The molecule has 6 atom stereocenters. The van der Waals surface area contributed by atoms with Crippen LogP contribution in [0.4, 0.5) is 0 Å². The van der Waals surface area contributed by atoms with Gasteiger partial charge in [-0.15, -0.1) is 0 Å². The molecular weight excluding hydrogens is 268 g/mol. The number of allylic oxidation sites excluding steroid dienone is 4. The molecule has 22 heavy (non-hydrogen) atoms. The van der Waals surface area contributed by atoms with Crippen LogP contribution in [-0.2, 0) is 0 Å². The van der Waals surface area contributed by atoms with E-state index in [1.54, 1.807) is 5.57 Å². The van der Waals surface area contributed by atoms with Crippen molar-refractivity contribution in [2.75, 3.05) is 0 Å². The normalized spacial score (nSPS) is 50.3. The third-order valence-electron chi connectivity index (χ3n) is 7.95. The monoisotopic (exact) mass is 298 g/mol. The summed E-state index contributed by atoms with van der Waals surface area (Å²) in [5, 5.41) is 10.0.